The number of nitrogens with one attached hydrogen (secondary N) is 2. The highest BCUT2D eigenvalue weighted by Crippen LogP contribution is 2.13. The van der Waals surface area contributed by atoms with Crippen molar-refractivity contribution in [3.8, 4) is 0 Å². The van der Waals surface area contributed by atoms with Crippen LogP contribution in [0, 0.1) is 11.6 Å². The number of hydrazone groups is 1. The summed E-state index contributed by atoms with van der Waals surface area (Å²) in [7, 11) is 3.51. The summed E-state index contributed by atoms with van der Waals surface area (Å²) < 4.78 is 27.8. The minimum atomic E-state index is -0.716. The molecule has 10 heteroatoms. The van der Waals surface area contributed by atoms with E-state index in [1.165, 1.54) is 12.4 Å². The Morgan fingerprint density at radius 1 is 1.46 bits per heavy atom. The Morgan fingerprint density at radius 2 is 2.19 bits per heavy atom. The van der Waals surface area contributed by atoms with Crippen LogP contribution in [0.15, 0.2) is 28.1 Å². The number of amides is 1. The molecule has 1 aromatic heterocycles. The van der Waals surface area contributed by atoms with Gasteiger partial charge in [-0.15, -0.1) is 0 Å². The Kier molecular flexibility index (Phi) is 6.21. The molecule has 1 unspecified atom stereocenters. The first-order valence-electron chi connectivity index (χ1n) is 7.86. The van der Waals surface area contributed by atoms with Crippen LogP contribution >= 0.6 is 0 Å². The lowest BCUT2D eigenvalue weighted by molar-refractivity contribution is -0.121. The standard InChI is InChI=1S/C16H20F2N6O2/c1-10(6-15(25)21-19-9-23(2)3)24-16(26)20-14(22-24)7-11-4-5-12(17)8-13(11)18/h4-5,8-10H,6-7H2,1-3H3,(H,21,25)(H,20,22,26)/b19-9+. The first-order valence-corrected chi connectivity index (χ1v) is 7.86. The van der Waals surface area contributed by atoms with E-state index in [4.69, 9.17) is 0 Å². The van der Waals surface area contributed by atoms with Crippen LogP contribution in [0.1, 0.15) is 30.8 Å². The van der Waals surface area contributed by atoms with Crippen molar-refractivity contribution in [2.45, 2.75) is 25.8 Å². The molecule has 0 radical (unpaired) electrons. The van der Waals surface area contributed by atoms with Gasteiger partial charge in [-0.25, -0.2) is 23.7 Å². The molecule has 2 aromatic rings. The molecule has 2 N–H and O–H groups in total. The van der Waals surface area contributed by atoms with Crippen molar-refractivity contribution < 1.29 is 13.6 Å². The van der Waals surface area contributed by atoms with Gasteiger partial charge in [0, 0.05) is 26.6 Å². The van der Waals surface area contributed by atoms with Crippen LogP contribution in [0.3, 0.4) is 0 Å². The molecule has 1 amide bonds. The van der Waals surface area contributed by atoms with Crippen molar-refractivity contribution >= 4 is 12.2 Å². The Hall–Kier alpha value is -3.04. The number of hydrogen-bond acceptors (Lipinski definition) is 4. The van der Waals surface area contributed by atoms with Gasteiger partial charge in [-0.3, -0.25) is 9.78 Å². The average Bonchev–Trinajstić information content (AvgIpc) is 2.90. The van der Waals surface area contributed by atoms with Crippen LogP contribution in [-0.2, 0) is 11.2 Å². The Bertz CT molecular complexity index is 859. The SMILES string of the molecule is CC(CC(=O)N/N=C/N(C)C)n1nc(Cc2ccc(F)cc2F)[nH]c1=O. The van der Waals surface area contributed by atoms with Crippen LogP contribution in [0.25, 0.3) is 0 Å². The third kappa shape index (κ3) is 5.23. The van der Waals surface area contributed by atoms with Crippen LogP contribution in [0.5, 0.6) is 0 Å². The molecule has 8 nitrogen and oxygen atoms in total. The summed E-state index contributed by atoms with van der Waals surface area (Å²) in [5, 5.41) is 7.82. The molecule has 140 valence electrons. The fraction of sp³-hybridized carbons (Fsp3) is 0.375. The maximum Gasteiger partial charge on any atom is 0.343 e. The predicted octanol–water partition coefficient (Wildman–Crippen LogP) is 1.01. The van der Waals surface area contributed by atoms with Gasteiger partial charge in [0.2, 0.25) is 5.91 Å². The molecule has 0 bridgehead atoms. The molecule has 0 saturated heterocycles. The van der Waals surface area contributed by atoms with Gasteiger partial charge < -0.3 is 4.90 Å². The third-order valence-electron chi connectivity index (χ3n) is 3.44. The quantitative estimate of drug-likeness (QED) is 0.434. The van der Waals surface area contributed by atoms with Gasteiger partial charge in [0.05, 0.1) is 12.5 Å². The maximum atomic E-state index is 13.7. The van der Waals surface area contributed by atoms with Crippen LogP contribution in [0.4, 0.5) is 8.78 Å². The smallest absolute Gasteiger partial charge is 0.343 e. The van der Waals surface area contributed by atoms with Crippen LogP contribution in [0.2, 0.25) is 0 Å². The molecule has 0 aliphatic carbocycles. The largest absolute Gasteiger partial charge is 0.367 e. The second kappa shape index (κ2) is 8.37. The van der Waals surface area contributed by atoms with Crippen LogP contribution < -0.4 is 11.1 Å². The third-order valence-corrected chi connectivity index (χ3v) is 3.44. The lowest BCUT2D eigenvalue weighted by Gasteiger charge is -2.09. The van der Waals surface area contributed by atoms with Crippen molar-refractivity contribution in [3.63, 3.8) is 0 Å². The van der Waals surface area contributed by atoms with Crippen molar-refractivity contribution in [3.05, 3.63) is 51.7 Å². The van der Waals surface area contributed by atoms with E-state index in [1.807, 2.05) is 0 Å². The van der Waals surface area contributed by atoms with Crippen LogP contribution in [-0.4, -0.2) is 46.0 Å². The van der Waals surface area contributed by atoms with E-state index in [-0.39, 0.29) is 30.1 Å². The predicted molar refractivity (Wildman–Crippen MR) is 91.7 cm³/mol. The minimum Gasteiger partial charge on any atom is -0.367 e. The highest BCUT2D eigenvalue weighted by Gasteiger charge is 2.16. The number of nitrogens with zero attached hydrogens (tertiary/aromatic N) is 4. The number of benzene rings is 1. The Balaban J connectivity index is 2.04. The average molecular weight is 366 g/mol. The monoisotopic (exact) mass is 366 g/mol. The molecular formula is C16H20F2N6O2. The van der Waals surface area contributed by atoms with Gasteiger partial charge in [-0.2, -0.15) is 10.2 Å². The van der Waals surface area contributed by atoms with Crippen molar-refractivity contribution in [1.29, 1.82) is 0 Å². The van der Waals surface area contributed by atoms with Gasteiger partial charge in [0.1, 0.15) is 23.8 Å². The number of aromatic amines is 1. The molecule has 1 atom stereocenters. The molecule has 26 heavy (non-hydrogen) atoms. The fourth-order valence-corrected chi connectivity index (χ4v) is 2.22. The molecular weight excluding hydrogens is 346 g/mol. The number of halogens is 2. The molecule has 2 rings (SSSR count). The zero-order valence-corrected chi connectivity index (χ0v) is 14.7. The summed E-state index contributed by atoms with van der Waals surface area (Å²) in [5.41, 5.74) is 2.03. The first kappa shape index (κ1) is 19.3. The van der Waals surface area contributed by atoms with E-state index in [9.17, 15) is 18.4 Å². The molecule has 0 aliphatic heterocycles. The zero-order chi connectivity index (χ0) is 19.3. The normalized spacial score (nSPS) is 12.3. The van der Waals surface area contributed by atoms with E-state index in [2.05, 4.69) is 20.6 Å². The number of carbonyl (C=O) groups is 1. The second-order valence-corrected chi connectivity index (χ2v) is 6.03. The molecule has 0 aliphatic rings. The van der Waals surface area contributed by atoms with Crippen molar-refractivity contribution in [1.82, 2.24) is 25.1 Å². The summed E-state index contributed by atoms with van der Waals surface area (Å²) in [6.07, 6.45) is 1.42. The summed E-state index contributed by atoms with van der Waals surface area (Å²) in [6, 6.07) is 2.67. The number of H-pyrrole nitrogens is 1. The fourth-order valence-electron chi connectivity index (χ4n) is 2.22. The molecule has 1 heterocycles. The first-order chi connectivity index (χ1) is 12.3. The highest BCUT2D eigenvalue weighted by molar-refractivity contribution is 5.76. The Morgan fingerprint density at radius 3 is 2.85 bits per heavy atom. The molecule has 0 saturated carbocycles. The highest BCUT2D eigenvalue weighted by atomic mass is 19.1. The number of rotatable bonds is 7. The zero-order valence-electron chi connectivity index (χ0n) is 14.7. The summed E-state index contributed by atoms with van der Waals surface area (Å²) >= 11 is 0. The summed E-state index contributed by atoms with van der Waals surface area (Å²) in [6.45, 7) is 1.65. The topological polar surface area (TPSA) is 95.4 Å². The van der Waals surface area contributed by atoms with Gasteiger partial charge >= 0.3 is 5.69 Å². The van der Waals surface area contributed by atoms with Gasteiger partial charge in [-0.05, 0) is 18.6 Å². The lowest BCUT2D eigenvalue weighted by atomic mass is 10.1. The van der Waals surface area contributed by atoms with E-state index in [1.54, 1.807) is 25.9 Å². The molecule has 1 aromatic carbocycles. The van der Waals surface area contributed by atoms with Gasteiger partial charge in [0.25, 0.3) is 0 Å². The van der Waals surface area contributed by atoms with Crippen molar-refractivity contribution in [2.75, 3.05) is 14.1 Å². The lowest BCUT2D eigenvalue weighted by Crippen LogP contribution is -2.27. The molecule has 0 fully saturated rings. The van der Waals surface area contributed by atoms with E-state index >= 15 is 0 Å². The van der Waals surface area contributed by atoms with Gasteiger partial charge in [-0.1, -0.05) is 6.07 Å². The van der Waals surface area contributed by atoms with E-state index < -0.39 is 23.4 Å². The molecule has 0 spiro atoms. The number of hydrogen-bond donors (Lipinski definition) is 2. The van der Waals surface area contributed by atoms with Gasteiger partial charge in [0.15, 0.2) is 0 Å². The van der Waals surface area contributed by atoms with E-state index in [0.29, 0.717) is 0 Å². The minimum absolute atomic E-state index is 0.000395. The number of aromatic nitrogens is 3. The second-order valence-electron chi connectivity index (χ2n) is 6.03. The number of carbonyl (C=O) groups excluding carboxylic acids is 1. The van der Waals surface area contributed by atoms with E-state index in [0.717, 1.165) is 16.8 Å². The summed E-state index contributed by atoms with van der Waals surface area (Å²) in [4.78, 5) is 28.0. The maximum absolute atomic E-state index is 13.7. The Labute approximate surface area is 148 Å². The summed E-state index contributed by atoms with van der Waals surface area (Å²) in [5.74, 6) is -1.55. The van der Waals surface area contributed by atoms with Crippen molar-refractivity contribution in [2.24, 2.45) is 5.10 Å².